The maximum Gasteiger partial charge on any atom is 0.253 e. The molecule has 0 fully saturated rings. The first kappa shape index (κ1) is 17.2. The third-order valence-electron chi connectivity index (χ3n) is 4.17. The molecule has 1 aliphatic rings. The van der Waals surface area contributed by atoms with Crippen LogP contribution < -0.4 is 5.32 Å². The number of carbonyl (C=O) groups excluding carboxylic acids is 2. The lowest BCUT2D eigenvalue weighted by Crippen LogP contribution is -2.33. The molecular formula is C18H24N2O3. The van der Waals surface area contributed by atoms with E-state index in [0.29, 0.717) is 24.2 Å². The van der Waals surface area contributed by atoms with Gasteiger partial charge >= 0.3 is 0 Å². The first-order valence-corrected chi connectivity index (χ1v) is 8.08. The van der Waals surface area contributed by atoms with Crippen LogP contribution in [0.2, 0.25) is 0 Å². The minimum atomic E-state index is -0.167. The average Bonchev–Trinajstić information content (AvgIpc) is 3.03. The van der Waals surface area contributed by atoms with Crippen LogP contribution in [0.3, 0.4) is 0 Å². The lowest BCUT2D eigenvalue weighted by Gasteiger charge is -2.18. The van der Waals surface area contributed by atoms with Crippen LogP contribution in [-0.4, -0.2) is 47.6 Å². The Balaban J connectivity index is 1.98. The molecular weight excluding hydrogens is 292 g/mol. The Hall–Kier alpha value is -2.14. The van der Waals surface area contributed by atoms with Gasteiger partial charge in [-0.1, -0.05) is 12.2 Å². The third kappa shape index (κ3) is 4.20. The van der Waals surface area contributed by atoms with Crippen molar-refractivity contribution >= 4 is 11.8 Å². The quantitative estimate of drug-likeness (QED) is 0.787. The minimum Gasteiger partial charge on any atom is -0.396 e. The van der Waals surface area contributed by atoms with Crippen LogP contribution in [0, 0.1) is 5.92 Å². The molecule has 0 aromatic heterocycles. The molecule has 0 unspecified atom stereocenters. The molecule has 23 heavy (non-hydrogen) atoms. The molecule has 0 saturated carbocycles. The molecule has 0 spiro atoms. The van der Waals surface area contributed by atoms with Gasteiger partial charge in [-0.15, -0.1) is 0 Å². The van der Waals surface area contributed by atoms with Gasteiger partial charge in [0.1, 0.15) is 0 Å². The summed E-state index contributed by atoms with van der Waals surface area (Å²) in [6.45, 7) is 5.32. The topological polar surface area (TPSA) is 69.6 Å². The first-order chi connectivity index (χ1) is 11.1. The number of amides is 2. The van der Waals surface area contributed by atoms with Crippen LogP contribution in [0.4, 0.5) is 0 Å². The summed E-state index contributed by atoms with van der Waals surface area (Å²) in [5.41, 5.74) is 1.12. The fraction of sp³-hybridized carbons (Fsp3) is 0.444. The molecule has 1 aliphatic carbocycles. The SMILES string of the molecule is CCN(CC)C(=O)c1ccc(C(=O)N[C@@H]2C=C[C@H](CO)C2)cc1. The largest absolute Gasteiger partial charge is 0.396 e. The van der Waals surface area contributed by atoms with Gasteiger partial charge in [-0.2, -0.15) is 0 Å². The molecule has 2 atom stereocenters. The van der Waals surface area contributed by atoms with E-state index in [1.165, 1.54) is 0 Å². The number of nitrogens with one attached hydrogen (secondary N) is 1. The van der Waals surface area contributed by atoms with Gasteiger partial charge in [0.05, 0.1) is 0 Å². The summed E-state index contributed by atoms with van der Waals surface area (Å²) >= 11 is 0. The van der Waals surface area contributed by atoms with Crippen molar-refractivity contribution in [3.8, 4) is 0 Å². The molecule has 0 heterocycles. The zero-order valence-corrected chi connectivity index (χ0v) is 13.7. The second kappa shape index (κ2) is 7.92. The van der Waals surface area contributed by atoms with Gasteiger partial charge in [-0.25, -0.2) is 0 Å². The van der Waals surface area contributed by atoms with Crippen molar-refractivity contribution in [2.75, 3.05) is 19.7 Å². The Morgan fingerprint density at radius 1 is 1.13 bits per heavy atom. The summed E-state index contributed by atoms with van der Waals surface area (Å²) in [6, 6.07) is 6.69. The van der Waals surface area contributed by atoms with E-state index < -0.39 is 0 Å². The fourth-order valence-electron chi connectivity index (χ4n) is 2.73. The third-order valence-corrected chi connectivity index (χ3v) is 4.17. The highest BCUT2D eigenvalue weighted by Crippen LogP contribution is 2.17. The molecule has 1 aromatic rings. The molecule has 5 heteroatoms. The van der Waals surface area contributed by atoms with Crippen LogP contribution in [0.1, 0.15) is 41.0 Å². The van der Waals surface area contributed by atoms with Gasteiger partial charge in [0.25, 0.3) is 11.8 Å². The summed E-state index contributed by atoms with van der Waals surface area (Å²) in [5.74, 6) is -0.0686. The highest BCUT2D eigenvalue weighted by atomic mass is 16.3. The average molecular weight is 316 g/mol. The molecule has 2 amide bonds. The van der Waals surface area contributed by atoms with Gasteiger partial charge in [-0.05, 0) is 44.5 Å². The van der Waals surface area contributed by atoms with Crippen LogP contribution in [-0.2, 0) is 0 Å². The monoisotopic (exact) mass is 316 g/mol. The molecule has 0 saturated heterocycles. The number of aliphatic hydroxyl groups excluding tert-OH is 1. The van der Waals surface area contributed by atoms with Gasteiger partial charge in [0, 0.05) is 42.8 Å². The Morgan fingerprint density at radius 3 is 2.26 bits per heavy atom. The number of hydrogen-bond acceptors (Lipinski definition) is 3. The first-order valence-electron chi connectivity index (χ1n) is 8.08. The zero-order valence-electron chi connectivity index (χ0n) is 13.7. The van der Waals surface area contributed by atoms with Crippen molar-refractivity contribution in [1.29, 1.82) is 0 Å². The summed E-state index contributed by atoms with van der Waals surface area (Å²) < 4.78 is 0. The van der Waals surface area contributed by atoms with Crippen molar-refractivity contribution in [1.82, 2.24) is 10.2 Å². The molecule has 2 N–H and O–H groups in total. The molecule has 0 radical (unpaired) electrons. The van der Waals surface area contributed by atoms with E-state index in [1.807, 2.05) is 26.0 Å². The van der Waals surface area contributed by atoms with Crippen molar-refractivity contribution in [3.63, 3.8) is 0 Å². The van der Waals surface area contributed by atoms with E-state index in [-0.39, 0.29) is 30.4 Å². The minimum absolute atomic E-state index is 0.0218. The predicted octanol–water partition coefficient (Wildman–Crippen LogP) is 1.84. The molecule has 1 aromatic carbocycles. The maximum absolute atomic E-state index is 12.2. The number of benzene rings is 1. The highest BCUT2D eigenvalue weighted by molar-refractivity contribution is 5.98. The predicted molar refractivity (Wildman–Crippen MR) is 89.3 cm³/mol. The van der Waals surface area contributed by atoms with Crippen LogP contribution in [0.5, 0.6) is 0 Å². The summed E-state index contributed by atoms with van der Waals surface area (Å²) in [4.78, 5) is 26.2. The van der Waals surface area contributed by atoms with Gasteiger partial charge < -0.3 is 15.3 Å². The number of carbonyl (C=O) groups is 2. The molecule has 5 nitrogen and oxygen atoms in total. The lowest BCUT2D eigenvalue weighted by molar-refractivity contribution is 0.0772. The fourth-order valence-corrected chi connectivity index (χ4v) is 2.73. The van der Waals surface area contributed by atoms with E-state index in [4.69, 9.17) is 5.11 Å². The summed E-state index contributed by atoms with van der Waals surface area (Å²) in [6.07, 6.45) is 4.56. The van der Waals surface area contributed by atoms with E-state index in [9.17, 15) is 9.59 Å². The summed E-state index contributed by atoms with van der Waals surface area (Å²) in [7, 11) is 0. The molecule has 124 valence electrons. The van der Waals surface area contributed by atoms with E-state index >= 15 is 0 Å². The second-order valence-electron chi connectivity index (χ2n) is 5.70. The van der Waals surface area contributed by atoms with Crippen molar-refractivity contribution in [3.05, 3.63) is 47.5 Å². The van der Waals surface area contributed by atoms with Crippen LogP contribution >= 0.6 is 0 Å². The molecule has 0 bridgehead atoms. The summed E-state index contributed by atoms with van der Waals surface area (Å²) in [5, 5.41) is 12.0. The van der Waals surface area contributed by atoms with Gasteiger partial charge in [-0.3, -0.25) is 9.59 Å². The number of hydrogen-bond donors (Lipinski definition) is 2. The van der Waals surface area contributed by atoms with E-state index in [2.05, 4.69) is 5.32 Å². The van der Waals surface area contributed by atoms with Crippen molar-refractivity contribution in [2.24, 2.45) is 5.92 Å². The van der Waals surface area contributed by atoms with Crippen molar-refractivity contribution in [2.45, 2.75) is 26.3 Å². The molecule has 2 rings (SSSR count). The van der Waals surface area contributed by atoms with Crippen LogP contribution in [0.15, 0.2) is 36.4 Å². The van der Waals surface area contributed by atoms with Crippen molar-refractivity contribution < 1.29 is 14.7 Å². The van der Waals surface area contributed by atoms with Gasteiger partial charge in [0.15, 0.2) is 0 Å². The van der Waals surface area contributed by atoms with E-state index in [0.717, 1.165) is 6.42 Å². The standard InChI is InChI=1S/C18H24N2O3/c1-3-20(4-2)18(23)15-8-6-14(7-9-15)17(22)19-16-10-5-13(11-16)12-21/h5-10,13,16,21H,3-4,11-12H2,1-2H3,(H,19,22)/t13-,16+/m0/s1. The Bertz CT molecular complexity index is 576. The van der Waals surface area contributed by atoms with Gasteiger partial charge in [0.2, 0.25) is 0 Å². The Kier molecular flexibility index (Phi) is 5.93. The Labute approximate surface area is 137 Å². The maximum atomic E-state index is 12.2. The Morgan fingerprint density at radius 2 is 1.74 bits per heavy atom. The number of nitrogens with zero attached hydrogens (tertiary/aromatic N) is 1. The smallest absolute Gasteiger partial charge is 0.253 e. The zero-order chi connectivity index (χ0) is 16.8. The number of rotatable bonds is 6. The highest BCUT2D eigenvalue weighted by Gasteiger charge is 2.20. The van der Waals surface area contributed by atoms with E-state index in [1.54, 1.807) is 29.2 Å². The number of aliphatic hydroxyl groups is 1. The molecule has 0 aliphatic heterocycles. The van der Waals surface area contributed by atoms with Crippen LogP contribution in [0.25, 0.3) is 0 Å². The normalized spacial score (nSPS) is 19.6. The lowest BCUT2D eigenvalue weighted by atomic mass is 10.1. The second-order valence-corrected chi connectivity index (χ2v) is 5.70.